The zero-order valence-electron chi connectivity index (χ0n) is 16.2. The molecule has 0 bridgehead atoms. The number of hydrogen-bond acceptors (Lipinski definition) is 5. The first-order valence-corrected chi connectivity index (χ1v) is 9.26. The SMILES string of the molecule is COc1ccc(CN2CC(C(=O)Nc3ccc4c(c3)oc(=O)n4C)CC2=O)cc1. The fourth-order valence-corrected chi connectivity index (χ4v) is 3.51. The molecule has 0 saturated carbocycles. The Morgan fingerprint density at radius 3 is 2.69 bits per heavy atom. The molecule has 2 amide bonds. The van der Waals surface area contributed by atoms with Crippen molar-refractivity contribution in [3.8, 4) is 5.75 Å². The number of fused-ring (bicyclic) bond motifs is 1. The van der Waals surface area contributed by atoms with E-state index in [1.54, 1.807) is 37.3 Å². The molecule has 1 aromatic heterocycles. The number of oxazole rings is 1. The maximum atomic E-state index is 12.6. The van der Waals surface area contributed by atoms with Crippen LogP contribution in [0.15, 0.2) is 51.7 Å². The number of benzene rings is 2. The maximum Gasteiger partial charge on any atom is 0.419 e. The Balaban J connectivity index is 1.41. The molecule has 29 heavy (non-hydrogen) atoms. The van der Waals surface area contributed by atoms with Crippen molar-refractivity contribution in [3.05, 3.63) is 58.6 Å². The number of hydrogen-bond donors (Lipinski definition) is 1. The van der Waals surface area contributed by atoms with Crippen LogP contribution in [0.25, 0.3) is 11.1 Å². The highest BCUT2D eigenvalue weighted by Gasteiger charge is 2.34. The lowest BCUT2D eigenvalue weighted by Gasteiger charge is -2.17. The summed E-state index contributed by atoms with van der Waals surface area (Å²) >= 11 is 0. The molecule has 8 heteroatoms. The van der Waals surface area contributed by atoms with E-state index in [-0.39, 0.29) is 18.2 Å². The second-order valence-corrected chi connectivity index (χ2v) is 7.12. The van der Waals surface area contributed by atoms with Crippen molar-refractivity contribution in [2.45, 2.75) is 13.0 Å². The highest BCUT2D eigenvalue weighted by molar-refractivity contribution is 5.98. The molecule has 1 fully saturated rings. The fourth-order valence-electron chi connectivity index (χ4n) is 3.51. The molecule has 150 valence electrons. The van der Waals surface area contributed by atoms with Gasteiger partial charge in [0.1, 0.15) is 5.75 Å². The Hall–Kier alpha value is -3.55. The molecular formula is C21H21N3O5. The third kappa shape index (κ3) is 3.73. The molecule has 1 aliphatic rings. The molecule has 1 unspecified atom stereocenters. The minimum Gasteiger partial charge on any atom is -0.497 e. The van der Waals surface area contributed by atoms with Crippen LogP contribution in [0.5, 0.6) is 5.75 Å². The highest BCUT2D eigenvalue weighted by Crippen LogP contribution is 2.24. The third-order valence-corrected chi connectivity index (χ3v) is 5.18. The summed E-state index contributed by atoms with van der Waals surface area (Å²) < 4.78 is 11.7. The largest absolute Gasteiger partial charge is 0.497 e. The summed E-state index contributed by atoms with van der Waals surface area (Å²) in [4.78, 5) is 38.3. The Labute approximate surface area is 166 Å². The minimum atomic E-state index is -0.459. The third-order valence-electron chi connectivity index (χ3n) is 5.18. The van der Waals surface area contributed by atoms with Crippen molar-refractivity contribution in [2.75, 3.05) is 19.0 Å². The number of anilines is 1. The smallest absolute Gasteiger partial charge is 0.419 e. The monoisotopic (exact) mass is 395 g/mol. The number of ether oxygens (including phenoxy) is 1. The van der Waals surface area contributed by atoms with Crippen LogP contribution in [0.4, 0.5) is 5.69 Å². The number of aromatic nitrogens is 1. The van der Waals surface area contributed by atoms with Gasteiger partial charge in [-0.05, 0) is 29.8 Å². The number of likely N-dealkylation sites (tertiary alicyclic amines) is 1. The quantitative estimate of drug-likeness (QED) is 0.714. The maximum absolute atomic E-state index is 12.6. The van der Waals surface area contributed by atoms with Gasteiger partial charge in [-0.3, -0.25) is 14.2 Å². The average Bonchev–Trinajstić information content (AvgIpc) is 3.22. The topological polar surface area (TPSA) is 93.8 Å². The summed E-state index contributed by atoms with van der Waals surface area (Å²) in [7, 11) is 3.22. The molecule has 1 N–H and O–H groups in total. The standard InChI is InChI=1S/C21H21N3O5/c1-23-17-8-5-15(10-18(17)29-21(23)27)22-20(26)14-9-19(25)24(12-14)11-13-3-6-16(28-2)7-4-13/h3-8,10,14H,9,11-12H2,1-2H3,(H,22,26). The molecule has 1 aliphatic heterocycles. The van der Waals surface area contributed by atoms with Gasteiger partial charge in [0.05, 0.1) is 18.5 Å². The van der Waals surface area contributed by atoms with Gasteiger partial charge in [0, 0.05) is 38.3 Å². The number of nitrogens with one attached hydrogen (secondary N) is 1. The van der Waals surface area contributed by atoms with E-state index in [2.05, 4.69) is 5.32 Å². The molecule has 2 heterocycles. The van der Waals surface area contributed by atoms with Gasteiger partial charge in [0.25, 0.3) is 0 Å². The Kier molecular flexibility index (Phi) is 4.84. The second-order valence-electron chi connectivity index (χ2n) is 7.12. The van der Waals surface area contributed by atoms with E-state index < -0.39 is 11.7 Å². The lowest BCUT2D eigenvalue weighted by Crippen LogP contribution is -2.28. The van der Waals surface area contributed by atoms with E-state index in [1.807, 2.05) is 24.3 Å². The fraction of sp³-hybridized carbons (Fsp3) is 0.286. The van der Waals surface area contributed by atoms with E-state index in [0.717, 1.165) is 11.3 Å². The normalized spacial score (nSPS) is 16.4. The summed E-state index contributed by atoms with van der Waals surface area (Å²) in [5.74, 6) is -0.415. The summed E-state index contributed by atoms with van der Waals surface area (Å²) in [5, 5.41) is 2.82. The van der Waals surface area contributed by atoms with Crippen LogP contribution in [0, 0.1) is 5.92 Å². The van der Waals surface area contributed by atoms with E-state index in [1.165, 1.54) is 4.57 Å². The van der Waals surface area contributed by atoms with Gasteiger partial charge in [0.2, 0.25) is 11.8 Å². The van der Waals surface area contributed by atoms with Crippen LogP contribution < -0.4 is 15.8 Å². The van der Waals surface area contributed by atoms with Gasteiger partial charge in [-0.15, -0.1) is 0 Å². The van der Waals surface area contributed by atoms with Crippen LogP contribution >= 0.6 is 0 Å². The van der Waals surface area contributed by atoms with Crippen molar-refractivity contribution >= 4 is 28.6 Å². The molecule has 1 saturated heterocycles. The van der Waals surface area contributed by atoms with Gasteiger partial charge < -0.3 is 19.4 Å². The van der Waals surface area contributed by atoms with Gasteiger partial charge in [-0.2, -0.15) is 0 Å². The van der Waals surface area contributed by atoms with E-state index >= 15 is 0 Å². The zero-order valence-corrected chi connectivity index (χ0v) is 16.2. The predicted octanol–water partition coefficient (Wildman–Crippen LogP) is 2.13. The molecule has 3 aromatic rings. The number of methoxy groups -OCH3 is 1. The summed E-state index contributed by atoms with van der Waals surface area (Å²) in [6.07, 6.45) is 0.171. The number of amides is 2. The minimum absolute atomic E-state index is 0.0505. The molecule has 0 radical (unpaired) electrons. The molecule has 0 spiro atoms. The molecule has 8 nitrogen and oxygen atoms in total. The van der Waals surface area contributed by atoms with Crippen LogP contribution in [-0.4, -0.2) is 34.9 Å². The summed E-state index contributed by atoms with van der Waals surface area (Å²) in [5.41, 5.74) is 2.55. The average molecular weight is 395 g/mol. The van der Waals surface area contributed by atoms with Gasteiger partial charge >= 0.3 is 5.76 Å². The molecule has 1 atom stereocenters. The van der Waals surface area contributed by atoms with Crippen molar-refractivity contribution in [3.63, 3.8) is 0 Å². The number of carbonyl (C=O) groups excluding carboxylic acids is 2. The van der Waals surface area contributed by atoms with E-state index in [4.69, 9.17) is 9.15 Å². The van der Waals surface area contributed by atoms with E-state index in [0.29, 0.717) is 29.9 Å². The molecule has 4 rings (SSSR count). The van der Waals surface area contributed by atoms with Crippen molar-refractivity contribution in [2.24, 2.45) is 13.0 Å². The van der Waals surface area contributed by atoms with E-state index in [9.17, 15) is 14.4 Å². The Morgan fingerprint density at radius 1 is 1.21 bits per heavy atom. The van der Waals surface area contributed by atoms with Gasteiger partial charge in [-0.25, -0.2) is 4.79 Å². The number of rotatable bonds is 5. The summed E-state index contributed by atoms with van der Waals surface area (Å²) in [6, 6.07) is 12.5. The molecule has 2 aromatic carbocycles. The Morgan fingerprint density at radius 2 is 1.97 bits per heavy atom. The van der Waals surface area contributed by atoms with Crippen LogP contribution in [-0.2, 0) is 23.2 Å². The van der Waals surface area contributed by atoms with Crippen molar-refractivity contribution < 1.29 is 18.7 Å². The molecule has 0 aliphatic carbocycles. The Bertz CT molecular complexity index is 1130. The van der Waals surface area contributed by atoms with Gasteiger partial charge in [-0.1, -0.05) is 12.1 Å². The van der Waals surface area contributed by atoms with Crippen molar-refractivity contribution in [1.82, 2.24) is 9.47 Å². The predicted molar refractivity (Wildman–Crippen MR) is 107 cm³/mol. The number of nitrogens with zero attached hydrogens (tertiary/aromatic N) is 2. The lowest BCUT2D eigenvalue weighted by atomic mass is 10.1. The zero-order chi connectivity index (χ0) is 20.5. The number of carbonyl (C=O) groups is 2. The van der Waals surface area contributed by atoms with Crippen LogP contribution in [0.3, 0.4) is 0 Å². The second kappa shape index (κ2) is 7.46. The molecular weight excluding hydrogens is 374 g/mol. The first kappa shape index (κ1) is 18.8. The lowest BCUT2D eigenvalue weighted by molar-refractivity contribution is -0.128. The number of aryl methyl sites for hydroxylation is 1. The highest BCUT2D eigenvalue weighted by atomic mass is 16.5. The first-order valence-electron chi connectivity index (χ1n) is 9.26. The first-order chi connectivity index (χ1) is 13.9. The van der Waals surface area contributed by atoms with Crippen LogP contribution in [0.1, 0.15) is 12.0 Å². The van der Waals surface area contributed by atoms with Crippen molar-refractivity contribution in [1.29, 1.82) is 0 Å². The summed E-state index contributed by atoms with van der Waals surface area (Å²) in [6.45, 7) is 0.813. The van der Waals surface area contributed by atoms with Crippen LogP contribution in [0.2, 0.25) is 0 Å². The van der Waals surface area contributed by atoms with Gasteiger partial charge in [0.15, 0.2) is 5.58 Å².